The zero-order valence-corrected chi connectivity index (χ0v) is 17.0. The molecule has 0 spiro atoms. The molecule has 0 heterocycles. The Kier molecular flexibility index (Phi) is 7.86. The van der Waals surface area contributed by atoms with Gasteiger partial charge in [0, 0.05) is 0 Å². The SMILES string of the molecule is [I][V][I].c1ccc2[cH-]ccc2c1.c1ccc2[cH-]ccc2c1. The van der Waals surface area contributed by atoms with E-state index < -0.39 is 0 Å². The standard InChI is InChI=1S/2C9H7.2HI.V/c2*1-2-5-9-7-3-6-8(9)4-1;;;/h2*1-7H;2*1H;/q2*-1;;;+2/p-2. The molecule has 0 nitrogen and oxygen atoms in total. The van der Waals surface area contributed by atoms with Crippen molar-refractivity contribution >= 4 is 61.5 Å². The number of hydrogen-bond acceptors (Lipinski definition) is 0. The Morgan fingerprint density at radius 3 is 1.38 bits per heavy atom. The Morgan fingerprint density at radius 1 is 0.619 bits per heavy atom. The van der Waals surface area contributed by atoms with E-state index in [0.29, 0.717) is 9.47 Å². The van der Waals surface area contributed by atoms with Gasteiger partial charge in [0.2, 0.25) is 0 Å². The summed E-state index contributed by atoms with van der Waals surface area (Å²) >= 11 is 4.74. The third-order valence-electron chi connectivity index (χ3n) is 3.10. The molecule has 4 aromatic rings. The third-order valence-corrected chi connectivity index (χ3v) is 3.10. The van der Waals surface area contributed by atoms with E-state index in [9.17, 15) is 0 Å². The molecule has 0 aliphatic heterocycles. The maximum absolute atomic E-state index is 2.37. The van der Waals surface area contributed by atoms with Crippen molar-refractivity contribution in [3.63, 3.8) is 0 Å². The van der Waals surface area contributed by atoms with Gasteiger partial charge in [0.1, 0.15) is 0 Å². The van der Waals surface area contributed by atoms with Crippen LogP contribution < -0.4 is 0 Å². The zero-order valence-electron chi connectivity index (χ0n) is 11.3. The maximum Gasteiger partial charge on any atom is -0.0809 e. The van der Waals surface area contributed by atoms with Crippen molar-refractivity contribution in [1.82, 2.24) is 0 Å². The predicted octanol–water partition coefficient (Wildman–Crippen LogP) is 6.89. The summed E-state index contributed by atoms with van der Waals surface area (Å²) in [6.45, 7) is 0. The van der Waals surface area contributed by atoms with Gasteiger partial charge >= 0.3 is 49.4 Å². The molecule has 0 saturated heterocycles. The molecule has 0 radical (unpaired) electrons. The minimum Gasteiger partial charge on any atom is -0.168 e. The van der Waals surface area contributed by atoms with Crippen molar-refractivity contribution in [1.29, 1.82) is 0 Å². The summed E-state index contributed by atoms with van der Waals surface area (Å²) in [6.07, 6.45) is 0. The molecule has 0 bridgehead atoms. The first-order valence-electron chi connectivity index (χ1n) is 6.48. The molecule has 0 N–H and O–H groups in total. The fourth-order valence-corrected chi connectivity index (χ4v) is 2.14. The van der Waals surface area contributed by atoms with Crippen LogP contribution in [-0.4, -0.2) is 0 Å². The summed E-state index contributed by atoms with van der Waals surface area (Å²) in [5.41, 5.74) is 0. The van der Waals surface area contributed by atoms with Gasteiger partial charge in [-0.15, -0.1) is 59.3 Å². The molecule has 4 rings (SSSR count). The Balaban J connectivity index is 0.000000130. The van der Waals surface area contributed by atoms with Crippen LogP contribution in [0, 0.1) is 0 Å². The van der Waals surface area contributed by atoms with Gasteiger partial charge in [-0.05, 0) is 0 Å². The normalized spacial score (nSPS) is 9.43. The molecule has 0 amide bonds. The van der Waals surface area contributed by atoms with Crippen molar-refractivity contribution < 1.29 is 9.47 Å². The van der Waals surface area contributed by atoms with Crippen molar-refractivity contribution in [2.45, 2.75) is 0 Å². The minimum atomic E-state index is 0.628. The zero-order chi connectivity index (χ0) is 14.9. The molecule has 107 valence electrons. The molecule has 0 fully saturated rings. The van der Waals surface area contributed by atoms with Gasteiger partial charge in [-0.25, -0.2) is 0 Å². The Hall–Kier alpha value is -0.296. The summed E-state index contributed by atoms with van der Waals surface area (Å²) < 4.78 is 0. The molecule has 3 heteroatoms. The van der Waals surface area contributed by atoms with Crippen molar-refractivity contribution in [2.24, 2.45) is 0 Å². The first kappa shape index (κ1) is 17.1. The third kappa shape index (κ3) is 5.44. The fraction of sp³-hybridized carbons (Fsp3) is 0. The van der Waals surface area contributed by atoms with E-state index in [1.54, 1.807) is 0 Å². The van der Waals surface area contributed by atoms with Gasteiger partial charge in [0.25, 0.3) is 0 Å². The maximum atomic E-state index is 2.37. The van der Waals surface area contributed by atoms with Gasteiger partial charge < -0.3 is 0 Å². The molecule has 0 unspecified atom stereocenters. The van der Waals surface area contributed by atoms with Gasteiger partial charge in [-0.1, -0.05) is 12.1 Å². The second-order valence-corrected chi connectivity index (χ2v) is 16.2. The van der Waals surface area contributed by atoms with Crippen LogP contribution in [0.25, 0.3) is 21.5 Å². The molecule has 0 saturated carbocycles. The van der Waals surface area contributed by atoms with E-state index in [4.69, 9.17) is 0 Å². The minimum absolute atomic E-state index is 0.628. The van der Waals surface area contributed by atoms with Crippen LogP contribution in [-0.2, 0) is 9.47 Å². The average Bonchev–Trinajstić information content (AvgIpc) is 3.17. The van der Waals surface area contributed by atoms with Gasteiger partial charge in [0.05, 0.1) is 0 Å². The van der Waals surface area contributed by atoms with Crippen molar-refractivity contribution in [3.8, 4) is 0 Å². The van der Waals surface area contributed by atoms with E-state index in [1.807, 2.05) is 0 Å². The molecule has 21 heavy (non-hydrogen) atoms. The summed E-state index contributed by atoms with van der Waals surface area (Å²) in [4.78, 5) is 0. The second kappa shape index (κ2) is 9.67. The largest absolute Gasteiger partial charge is 0.168 e. The summed E-state index contributed by atoms with van der Waals surface area (Å²) in [6, 6.07) is 29.3. The molecule has 0 aliphatic carbocycles. The van der Waals surface area contributed by atoms with Crippen LogP contribution in [0.4, 0.5) is 0 Å². The molecule has 0 aromatic heterocycles. The summed E-state index contributed by atoms with van der Waals surface area (Å²) in [5.74, 6) is 0. The second-order valence-electron chi connectivity index (χ2n) is 4.37. The first-order chi connectivity index (χ1) is 10.3. The first-order valence-corrected chi connectivity index (χ1v) is 15.5. The number of hydrogen-bond donors (Lipinski definition) is 0. The molecular weight excluding hydrogens is 521 g/mol. The van der Waals surface area contributed by atoms with Crippen LogP contribution in [0.5, 0.6) is 0 Å². The predicted molar refractivity (Wildman–Crippen MR) is 107 cm³/mol. The van der Waals surface area contributed by atoms with Crippen molar-refractivity contribution in [2.75, 3.05) is 0 Å². The van der Waals surface area contributed by atoms with Gasteiger partial charge in [-0.3, -0.25) is 0 Å². The molecular formula is C18H14I2V-2. The summed E-state index contributed by atoms with van der Waals surface area (Å²) in [5, 5.41) is 5.32. The smallest absolute Gasteiger partial charge is 0.0809 e. The fourth-order valence-electron chi connectivity index (χ4n) is 2.14. The monoisotopic (exact) mass is 535 g/mol. The van der Waals surface area contributed by atoms with Crippen LogP contribution in [0.1, 0.15) is 0 Å². The van der Waals surface area contributed by atoms with Gasteiger partial charge in [-0.2, -0.15) is 35.0 Å². The van der Waals surface area contributed by atoms with Crippen LogP contribution in [0.2, 0.25) is 0 Å². The molecule has 4 aromatic carbocycles. The Bertz CT molecular complexity index is 644. The summed E-state index contributed by atoms with van der Waals surface area (Å²) in [7, 11) is 0.628. The Labute approximate surface area is 154 Å². The number of rotatable bonds is 0. The number of fused-ring (bicyclic) bond motifs is 2. The Morgan fingerprint density at radius 2 is 1.00 bits per heavy atom. The van der Waals surface area contributed by atoms with E-state index in [2.05, 4.69) is 125 Å². The topological polar surface area (TPSA) is 0 Å². The molecule has 0 aliphatic rings. The number of benzene rings is 2. The van der Waals surface area contributed by atoms with E-state index in [-0.39, 0.29) is 0 Å². The van der Waals surface area contributed by atoms with E-state index >= 15 is 0 Å². The number of halogens is 2. The van der Waals surface area contributed by atoms with E-state index in [0.717, 1.165) is 0 Å². The van der Waals surface area contributed by atoms with Gasteiger partial charge in [0.15, 0.2) is 0 Å². The average molecular weight is 535 g/mol. The van der Waals surface area contributed by atoms with Crippen molar-refractivity contribution in [3.05, 3.63) is 84.9 Å². The van der Waals surface area contributed by atoms with E-state index in [1.165, 1.54) is 21.5 Å². The van der Waals surface area contributed by atoms with Crippen LogP contribution in [0.3, 0.4) is 0 Å². The van der Waals surface area contributed by atoms with Crippen LogP contribution in [0.15, 0.2) is 84.9 Å². The quantitative estimate of drug-likeness (QED) is 0.170. The van der Waals surface area contributed by atoms with Crippen LogP contribution >= 0.6 is 40.0 Å². The molecule has 0 atom stereocenters.